The predicted octanol–water partition coefficient (Wildman–Crippen LogP) is 3.35. The Morgan fingerprint density at radius 3 is 2.42 bits per heavy atom. The molecule has 1 heterocycles. The molecule has 3 nitrogen and oxygen atoms in total. The average Bonchev–Trinajstić information content (AvgIpc) is 2.87. The van der Waals surface area contributed by atoms with Crippen molar-refractivity contribution in [1.29, 1.82) is 0 Å². The minimum absolute atomic E-state index is 0.0297. The average molecular weight is 273 g/mol. The van der Waals surface area contributed by atoms with Crippen molar-refractivity contribution >= 4 is 23.0 Å². The highest BCUT2D eigenvalue weighted by Crippen LogP contribution is 2.31. The molecule has 1 aromatic carbocycles. The van der Waals surface area contributed by atoms with Crippen LogP contribution in [0, 0.1) is 5.92 Å². The number of nitrogens with two attached hydrogens (primary N) is 1. The van der Waals surface area contributed by atoms with E-state index in [1.807, 2.05) is 32.0 Å². The number of hydrogen-bond acceptors (Lipinski definition) is 3. The van der Waals surface area contributed by atoms with Crippen LogP contribution in [0.2, 0.25) is 0 Å². The van der Waals surface area contributed by atoms with Gasteiger partial charge >= 0.3 is 0 Å². The van der Waals surface area contributed by atoms with Gasteiger partial charge in [0, 0.05) is 21.9 Å². The van der Waals surface area contributed by atoms with E-state index in [1.54, 1.807) is 18.2 Å². The number of carbonyl (C=O) groups excluding carboxylic acids is 2. The number of carbonyl (C=O) groups is 2. The van der Waals surface area contributed by atoms with Gasteiger partial charge in [-0.05, 0) is 18.2 Å². The SMILES string of the molecule is CC(C)C(=O)c1ccc(-c2ccccc2C(N)=O)s1. The third-order valence-corrected chi connectivity index (χ3v) is 3.96. The van der Waals surface area contributed by atoms with Crippen LogP contribution in [0.1, 0.15) is 33.9 Å². The van der Waals surface area contributed by atoms with Gasteiger partial charge in [-0.2, -0.15) is 0 Å². The minimum Gasteiger partial charge on any atom is -0.366 e. The predicted molar refractivity (Wildman–Crippen MR) is 77.4 cm³/mol. The maximum absolute atomic E-state index is 11.9. The number of ketones is 1. The number of hydrogen-bond donors (Lipinski definition) is 1. The zero-order chi connectivity index (χ0) is 14.0. The summed E-state index contributed by atoms with van der Waals surface area (Å²) in [6.45, 7) is 3.75. The second-order valence-electron chi connectivity index (χ2n) is 4.59. The number of Topliss-reactive ketones (excluding diaryl/α,β-unsaturated/α-hetero) is 1. The maximum Gasteiger partial charge on any atom is 0.249 e. The van der Waals surface area contributed by atoms with Crippen molar-refractivity contribution in [1.82, 2.24) is 0 Å². The molecule has 1 amide bonds. The highest BCUT2D eigenvalue weighted by atomic mass is 32.1. The molecule has 19 heavy (non-hydrogen) atoms. The first kappa shape index (κ1) is 13.5. The first-order chi connectivity index (χ1) is 9.00. The Morgan fingerprint density at radius 2 is 1.79 bits per heavy atom. The molecule has 0 aliphatic carbocycles. The number of thiophene rings is 1. The van der Waals surface area contributed by atoms with E-state index >= 15 is 0 Å². The van der Waals surface area contributed by atoms with E-state index in [-0.39, 0.29) is 11.7 Å². The normalized spacial score (nSPS) is 10.7. The Morgan fingerprint density at radius 1 is 1.11 bits per heavy atom. The fourth-order valence-corrected chi connectivity index (χ4v) is 2.95. The summed E-state index contributed by atoms with van der Waals surface area (Å²) >= 11 is 1.40. The molecule has 0 spiro atoms. The fourth-order valence-electron chi connectivity index (χ4n) is 1.81. The van der Waals surface area contributed by atoms with E-state index in [9.17, 15) is 9.59 Å². The van der Waals surface area contributed by atoms with Gasteiger partial charge in [0.2, 0.25) is 5.91 Å². The molecule has 98 valence electrons. The molecular weight excluding hydrogens is 258 g/mol. The van der Waals surface area contributed by atoms with Gasteiger partial charge < -0.3 is 5.73 Å². The molecule has 1 aromatic heterocycles. The Kier molecular flexibility index (Phi) is 3.81. The van der Waals surface area contributed by atoms with Crippen LogP contribution < -0.4 is 5.73 Å². The van der Waals surface area contributed by atoms with E-state index in [0.29, 0.717) is 10.4 Å². The number of amides is 1. The van der Waals surface area contributed by atoms with Crippen molar-refractivity contribution in [3.05, 3.63) is 46.8 Å². The van der Waals surface area contributed by atoms with E-state index in [1.165, 1.54) is 11.3 Å². The van der Waals surface area contributed by atoms with Crippen molar-refractivity contribution in [2.45, 2.75) is 13.8 Å². The molecule has 0 fully saturated rings. The standard InChI is InChI=1S/C15H15NO2S/c1-9(2)14(17)13-8-7-12(19-13)10-5-3-4-6-11(10)15(16)18/h3-9H,1-2H3,(H2,16,18). The highest BCUT2D eigenvalue weighted by Gasteiger charge is 2.16. The zero-order valence-electron chi connectivity index (χ0n) is 10.8. The molecule has 0 aliphatic rings. The van der Waals surface area contributed by atoms with Crippen LogP contribution in [-0.2, 0) is 0 Å². The van der Waals surface area contributed by atoms with Gasteiger partial charge in [0.1, 0.15) is 0 Å². The quantitative estimate of drug-likeness (QED) is 0.868. The Hall–Kier alpha value is -1.94. The molecular formula is C15H15NO2S. The third-order valence-electron chi connectivity index (χ3n) is 2.83. The van der Waals surface area contributed by atoms with Gasteiger partial charge in [0.15, 0.2) is 5.78 Å². The van der Waals surface area contributed by atoms with E-state index < -0.39 is 5.91 Å². The van der Waals surface area contributed by atoms with Crippen LogP contribution in [-0.4, -0.2) is 11.7 Å². The van der Waals surface area contributed by atoms with Crippen LogP contribution in [0.25, 0.3) is 10.4 Å². The molecule has 0 radical (unpaired) electrons. The van der Waals surface area contributed by atoms with Crippen LogP contribution in [0.5, 0.6) is 0 Å². The largest absolute Gasteiger partial charge is 0.366 e. The summed E-state index contributed by atoms with van der Waals surface area (Å²) in [5, 5.41) is 0. The molecule has 2 N–H and O–H groups in total. The van der Waals surface area contributed by atoms with Gasteiger partial charge in [-0.25, -0.2) is 0 Å². The van der Waals surface area contributed by atoms with Gasteiger partial charge in [-0.15, -0.1) is 11.3 Å². The highest BCUT2D eigenvalue weighted by molar-refractivity contribution is 7.17. The summed E-state index contributed by atoms with van der Waals surface area (Å²) < 4.78 is 0. The molecule has 0 atom stereocenters. The van der Waals surface area contributed by atoms with Gasteiger partial charge in [0.05, 0.1) is 4.88 Å². The summed E-state index contributed by atoms with van der Waals surface area (Å²) in [6.07, 6.45) is 0. The second kappa shape index (κ2) is 5.36. The van der Waals surface area contributed by atoms with Crippen LogP contribution in [0.4, 0.5) is 0 Å². The molecule has 0 bridgehead atoms. The lowest BCUT2D eigenvalue weighted by molar-refractivity contribution is 0.0942. The molecule has 2 aromatic rings. The lowest BCUT2D eigenvalue weighted by atomic mass is 10.1. The van der Waals surface area contributed by atoms with Crippen LogP contribution >= 0.6 is 11.3 Å². The van der Waals surface area contributed by atoms with Crippen molar-refractivity contribution in [3.8, 4) is 10.4 Å². The molecule has 0 saturated carbocycles. The van der Waals surface area contributed by atoms with Crippen molar-refractivity contribution in [2.24, 2.45) is 11.7 Å². The summed E-state index contributed by atoms with van der Waals surface area (Å²) in [5.41, 5.74) is 6.63. The van der Waals surface area contributed by atoms with Gasteiger partial charge in [0.25, 0.3) is 0 Å². The Bertz CT molecular complexity index is 629. The third kappa shape index (κ3) is 2.74. The molecule has 0 aliphatic heterocycles. The van der Waals surface area contributed by atoms with Crippen molar-refractivity contribution in [3.63, 3.8) is 0 Å². The summed E-state index contributed by atoms with van der Waals surface area (Å²) in [4.78, 5) is 24.9. The van der Waals surface area contributed by atoms with E-state index in [0.717, 1.165) is 10.4 Å². The van der Waals surface area contributed by atoms with Gasteiger partial charge in [-0.3, -0.25) is 9.59 Å². The zero-order valence-corrected chi connectivity index (χ0v) is 11.7. The number of rotatable bonds is 4. The van der Waals surface area contributed by atoms with E-state index in [4.69, 9.17) is 5.73 Å². The smallest absolute Gasteiger partial charge is 0.249 e. The fraction of sp³-hybridized carbons (Fsp3) is 0.200. The molecule has 0 saturated heterocycles. The number of benzene rings is 1. The van der Waals surface area contributed by atoms with Crippen LogP contribution in [0.15, 0.2) is 36.4 Å². The Labute approximate surface area is 116 Å². The topological polar surface area (TPSA) is 60.2 Å². The second-order valence-corrected chi connectivity index (χ2v) is 5.68. The molecule has 4 heteroatoms. The summed E-state index contributed by atoms with van der Waals surface area (Å²) in [5.74, 6) is -0.369. The lowest BCUT2D eigenvalue weighted by Gasteiger charge is -2.03. The first-order valence-corrected chi connectivity index (χ1v) is 6.85. The lowest BCUT2D eigenvalue weighted by Crippen LogP contribution is -2.11. The van der Waals surface area contributed by atoms with Gasteiger partial charge in [-0.1, -0.05) is 32.0 Å². The Balaban J connectivity index is 2.44. The minimum atomic E-state index is -0.458. The number of primary amides is 1. The van der Waals surface area contributed by atoms with E-state index in [2.05, 4.69) is 0 Å². The molecule has 0 unspecified atom stereocenters. The summed E-state index contributed by atoms with van der Waals surface area (Å²) in [7, 11) is 0. The first-order valence-electron chi connectivity index (χ1n) is 6.04. The summed E-state index contributed by atoms with van der Waals surface area (Å²) in [6, 6.07) is 10.8. The van der Waals surface area contributed by atoms with Crippen LogP contribution in [0.3, 0.4) is 0 Å². The molecule has 2 rings (SSSR count). The monoisotopic (exact) mass is 273 g/mol. The van der Waals surface area contributed by atoms with Crippen molar-refractivity contribution in [2.75, 3.05) is 0 Å². The maximum atomic E-state index is 11.9. The van der Waals surface area contributed by atoms with Crippen molar-refractivity contribution < 1.29 is 9.59 Å².